The van der Waals surface area contributed by atoms with Crippen molar-refractivity contribution in [1.82, 2.24) is 0 Å². The molecular formula is C48H53NO15. The summed E-state index contributed by atoms with van der Waals surface area (Å²) in [5.74, 6) is -6.00. The zero-order valence-electron chi connectivity index (χ0n) is 36.9. The molecular weight excluding hydrogens is 831 g/mol. The van der Waals surface area contributed by atoms with Crippen LogP contribution >= 0.6 is 0 Å². The molecule has 64 heavy (non-hydrogen) atoms. The lowest BCUT2D eigenvalue weighted by atomic mass is 9.43. The molecule has 7 rings (SSSR count). The van der Waals surface area contributed by atoms with Gasteiger partial charge in [-0.25, -0.2) is 14.4 Å². The number of methoxy groups -OCH3 is 1. The van der Waals surface area contributed by atoms with Crippen LogP contribution in [0.15, 0.2) is 96.1 Å². The molecule has 340 valence electrons. The molecule has 3 aliphatic carbocycles. The van der Waals surface area contributed by atoms with E-state index in [9.17, 15) is 34.4 Å². The van der Waals surface area contributed by atoms with Crippen molar-refractivity contribution in [3.63, 3.8) is 0 Å². The number of Topliss-reactive ketones (excluding diaryl/α,β-unsaturated/α-hetero) is 1. The van der Waals surface area contributed by atoms with E-state index in [1.54, 1.807) is 102 Å². The molecule has 0 spiro atoms. The van der Waals surface area contributed by atoms with E-state index in [1.165, 1.54) is 26.2 Å². The number of ketones is 1. The van der Waals surface area contributed by atoms with Crippen LogP contribution in [0.2, 0.25) is 0 Å². The highest BCUT2D eigenvalue weighted by atomic mass is 16.7. The van der Waals surface area contributed by atoms with Gasteiger partial charge in [-0.3, -0.25) is 19.7 Å². The average molecular weight is 884 g/mol. The number of carbonyl (C=O) groups is 5. The first-order valence-electron chi connectivity index (χ1n) is 21.2. The summed E-state index contributed by atoms with van der Waals surface area (Å²) in [7, 11) is 1.46. The lowest BCUT2D eigenvalue weighted by Crippen LogP contribution is -2.81. The van der Waals surface area contributed by atoms with Gasteiger partial charge in [0, 0.05) is 56.3 Å². The zero-order valence-corrected chi connectivity index (χ0v) is 36.9. The van der Waals surface area contributed by atoms with Gasteiger partial charge in [-0.15, -0.1) is 0 Å². The lowest BCUT2D eigenvalue weighted by molar-refractivity contribution is -0.384. The highest BCUT2D eigenvalue weighted by Gasteiger charge is 2.78. The molecule has 3 fully saturated rings. The van der Waals surface area contributed by atoms with E-state index >= 15 is 4.79 Å². The van der Waals surface area contributed by atoms with Crippen LogP contribution in [-0.2, 0) is 42.8 Å². The molecule has 4 aliphatic rings. The maximum absolute atomic E-state index is 15.5. The number of hydrogen-bond donors (Lipinski definition) is 1. The highest BCUT2D eigenvalue weighted by molar-refractivity contribution is 5.92. The van der Waals surface area contributed by atoms with Crippen molar-refractivity contribution < 1.29 is 67.2 Å². The number of benzene rings is 3. The molecule has 1 heterocycles. The number of nitrogens with zero attached hydrogens (tertiary/aromatic N) is 1. The Kier molecular flexibility index (Phi) is 12.4. The van der Waals surface area contributed by atoms with Gasteiger partial charge < -0.3 is 38.3 Å². The molecule has 0 radical (unpaired) electrons. The monoisotopic (exact) mass is 883 g/mol. The maximum atomic E-state index is 15.5. The summed E-state index contributed by atoms with van der Waals surface area (Å²) in [6.45, 7) is 11.3. The Morgan fingerprint density at radius 1 is 0.938 bits per heavy atom. The van der Waals surface area contributed by atoms with E-state index in [0.29, 0.717) is 16.7 Å². The molecule has 0 unspecified atom stereocenters. The molecule has 1 saturated heterocycles. The molecule has 16 heteroatoms. The predicted molar refractivity (Wildman–Crippen MR) is 226 cm³/mol. The largest absolute Gasteiger partial charge is 0.514 e. The van der Waals surface area contributed by atoms with Crippen molar-refractivity contribution in [2.45, 2.75) is 109 Å². The third-order valence-corrected chi connectivity index (χ3v) is 14.2. The minimum atomic E-state index is -2.17. The SMILES string of the molecule is CO[C@H]1C[C@H]2OC[C@@]2(OC(C)=O)[C@H]2[C@H](OC(=O)c3ccccc3)[C@]3(O)C[C@H](OC(=O)[C@H](OC(=O)Oc4ccc([N+](=O)[O-])cc4)[C@@H](C)c4ccccc4)C(C)=C([C@@H](C)C(=O)[C@]12C)C3(C)C. The number of hydrogen-bond acceptors (Lipinski definition) is 15. The van der Waals surface area contributed by atoms with Crippen molar-refractivity contribution in [2.24, 2.45) is 22.7 Å². The van der Waals surface area contributed by atoms with Crippen LogP contribution in [0, 0.1) is 32.8 Å². The van der Waals surface area contributed by atoms with Crippen molar-refractivity contribution in [3.8, 4) is 5.75 Å². The quantitative estimate of drug-likeness (QED) is 0.0520. The van der Waals surface area contributed by atoms with E-state index in [0.717, 1.165) is 12.1 Å². The Balaban J connectivity index is 1.34. The number of carbonyl (C=O) groups excluding carboxylic acids is 5. The molecule has 1 aliphatic heterocycles. The average Bonchev–Trinajstić information content (AvgIpc) is 3.25. The molecule has 1 N–H and O–H groups in total. The van der Waals surface area contributed by atoms with Crippen LogP contribution in [-0.4, -0.2) is 95.3 Å². The minimum Gasteiger partial charge on any atom is -0.455 e. The summed E-state index contributed by atoms with van der Waals surface area (Å²) in [5.41, 5.74) is -5.28. The van der Waals surface area contributed by atoms with Crippen molar-refractivity contribution in [2.75, 3.05) is 13.7 Å². The van der Waals surface area contributed by atoms with Gasteiger partial charge in [0.15, 0.2) is 5.60 Å². The van der Waals surface area contributed by atoms with Crippen LogP contribution in [0.1, 0.15) is 83.1 Å². The van der Waals surface area contributed by atoms with Gasteiger partial charge in [0.2, 0.25) is 6.10 Å². The molecule has 16 nitrogen and oxygen atoms in total. The summed E-state index contributed by atoms with van der Waals surface area (Å²) in [6.07, 6.45) is -7.75. The van der Waals surface area contributed by atoms with E-state index in [2.05, 4.69) is 0 Å². The molecule has 0 aromatic heterocycles. The first-order chi connectivity index (χ1) is 30.2. The van der Waals surface area contributed by atoms with E-state index in [4.69, 9.17) is 33.2 Å². The Bertz CT molecular complexity index is 2350. The fourth-order valence-corrected chi connectivity index (χ4v) is 10.9. The second-order valence-corrected chi connectivity index (χ2v) is 18.0. The normalized spacial score (nSPS) is 31.2. The number of esters is 3. The smallest absolute Gasteiger partial charge is 0.455 e. The highest BCUT2D eigenvalue weighted by Crippen LogP contribution is 2.65. The number of nitro benzene ring substituents is 1. The van der Waals surface area contributed by atoms with Crippen LogP contribution in [0.5, 0.6) is 5.75 Å². The Morgan fingerprint density at radius 2 is 1.56 bits per heavy atom. The first-order valence-corrected chi connectivity index (χ1v) is 21.2. The zero-order chi connectivity index (χ0) is 46.5. The van der Waals surface area contributed by atoms with Crippen molar-refractivity contribution in [3.05, 3.63) is 117 Å². The van der Waals surface area contributed by atoms with Crippen LogP contribution < -0.4 is 4.74 Å². The second kappa shape index (κ2) is 17.2. The standard InChI is InChI=1S/C48H53NO15/c1-26(30-15-11-9-12-16-30)38(62-44(54)60-33-21-19-32(20-22-33)49(56)57)43(53)61-34-24-48(55)41(63-42(52)31-17-13-10-14-18-31)39-46(7,40(51)28(3)37(27(34)2)45(48,5)6)35(58-8)23-36-47(39,25-59-36)64-29(4)50/h9-22,26,28,34-36,38-39,41,55H,23-25H2,1-8H3/t26-,28+,34-,35-,36+,38+,39-,41-,46+,47-,48+/m0/s1. The Labute approximate surface area is 370 Å². The fraction of sp³-hybridized carbons (Fsp3) is 0.479. The number of ether oxygens (including phenoxy) is 7. The van der Waals surface area contributed by atoms with Gasteiger partial charge in [-0.05, 0) is 54.8 Å². The number of nitro groups is 1. The van der Waals surface area contributed by atoms with Crippen LogP contribution in [0.4, 0.5) is 10.5 Å². The molecule has 11 atom stereocenters. The van der Waals surface area contributed by atoms with Crippen LogP contribution in [0.25, 0.3) is 0 Å². The maximum Gasteiger partial charge on any atom is 0.514 e. The first kappa shape index (κ1) is 46.0. The second-order valence-electron chi connectivity index (χ2n) is 18.0. The molecule has 2 saturated carbocycles. The Morgan fingerprint density at radius 3 is 2.12 bits per heavy atom. The summed E-state index contributed by atoms with van der Waals surface area (Å²) in [4.78, 5) is 81.6. The number of fused-ring (bicyclic) bond motifs is 5. The van der Waals surface area contributed by atoms with Gasteiger partial charge in [0.25, 0.3) is 5.69 Å². The van der Waals surface area contributed by atoms with Crippen molar-refractivity contribution in [1.29, 1.82) is 0 Å². The van der Waals surface area contributed by atoms with E-state index in [-0.39, 0.29) is 42.2 Å². The number of non-ortho nitro benzene ring substituents is 1. The third kappa shape index (κ3) is 7.64. The topological polar surface area (TPSA) is 213 Å². The Hall–Kier alpha value is -5.97. The van der Waals surface area contributed by atoms with E-state index in [1.807, 2.05) is 0 Å². The van der Waals surface area contributed by atoms with Gasteiger partial charge >= 0.3 is 24.1 Å². The minimum absolute atomic E-state index is 0.0849. The van der Waals surface area contributed by atoms with E-state index < -0.39 is 99.3 Å². The molecule has 3 aromatic rings. The van der Waals surface area contributed by atoms with Gasteiger partial charge in [-0.1, -0.05) is 76.2 Å². The number of aliphatic hydroxyl groups is 1. The summed E-state index contributed by atoms with van der Waals surface area (Å²) in [6, 6.07) is 21.5. The summed E-state index contributed by atoms with van der Waals surface area (Å²) in [5, 5.41) is 25.0. The van der Waals surface area contributed by atoms with Gasteiger partial charge in [-0.2, -0.15) is 0 Å². The summed E-state index contributed by atoms with van der Waals surface area (Å²) < 4.78 is 42.2. The third-order valence-electron chi connectivity index (χ3n) is 14.2. The molecule has 3 aromatic carbocycles. The molecule has 2 bridgehead atoms. The predicted octanol–water partition coefficient (Wildman–Crippen LogP) is 6.86. The molecule has 0 amide bonds. The fourth-order valence-electron chi connectivity index (χ4n) is 10.9. The number of rotatable bonds is 11. The van der Waals surface area contributed by atoms with Crippen LogP contribution in [0.3, 0.4) is 0 Å². The van der Waals surface area contributed by atoms with Gasteiger partial charge in [0.1, 0.15) is 35.4 Å². The summed E-state index contributed by atoms with van der Waals surface area (Å²) >= 11 is 0. The van der Waals surface area contributed by atoms with Gasteiger partial charge in [0.05, 0.1) is 34.5 Å². The lowest BCUT2D eigenvalue weighted by Gasteiger charge is -2.68. The van der Waals surface area contributed by atoms with Crippen molar-refractivity contribution >= 4 is 35.5 Å².